The van der Waals surface area contributed by atoms with Gasteiger partial charge in [-0.15, -0.1) is 0 Å². The Morgan fingerprint density at radius 2 is 1.78 bits per heavy atom. The third-order valence-electron chi connectivity index (χ3n) is 5.37. The van der Waals surface area contributed by atoms with Crippen molar-refractivity contribution in [3.8, 4) is 11.5 Å². The van der Waals surface area contributed by atoms with Gasteiger partial charge in [-0.1, -0.05) is 31.0 Å². The minimum absolute atomic E-state index is 0.0123. The van der Waals surface area contributed by atoms with Gasteiger partial charge in [-0.2, -0.15) is 5.10 Å². The Morgan fingerprint density at radius 3 is 2.41 bits per heavy atom. The number of aryl methyl sites for hydroxylation is 1. The number of hydrogen-bond donors (Lipinski definition) is 1. The van der Waals surface area contributed by atoms with Crippen LogP contribution in [0.3, 0.4) is 0 Å². The maximum absolute atomic E-state index is 13.6. The lowest BCUT2D eigenvalue weighted by atomic mass is 10.2. The van der Waals surface area contributed by atoms with Gasteiger partial charge in [0, 0.05) is 0 Å². The summed E-state index contributed by atoms with van der Waals surface area (Å²) in [5, 5.41) is 3.99. The summed E-state index contributed by atoms with van der Waals surface area (Å²) in [7, 11) is -2.59. The molecule has 0 radical (unpaired) electrons. The number of amides is 1. The highest BCUT2D eigenvalue weighted by atomic mass is 79.9. The maximum Gasteiger partial charge on any atom is 0.264 e. The number of benzene rings is 3. The molecule has 1 N–H and O–H groups in total. The van der Waals surface area contributed by atoms with Crippen LogP contribution >= 0.6 is 15.9 Å². The zero-order chi connectivity index (χ0) is 26.8. The van der Waals surface area contributed by atoms with Gasteiger partial charge in [0.05, 0.1) is 35.0 Å². The number of nitrogens with one attached hydrogen (secondary N) is 1. The van der Waals surface area contributed by atoms with Crippen LogP contribution in [0.4, 0.5) is 5.69 Å². The predicted octanol–water partition coefficient (Wildman–Crippen LogP) is 5.29. The van der Waals surface area contributed by atoms with E-state index in [-0.39, 0.29) is 4.90 Å². The number of hydrogen-bond acceptors (Lipinski definition) is 6. The van der Waals surface area contributed by atoms with Gasteiger partial charge >= 0.3 is 0 Å². The van der Waals surface area contributed by atoms with Crippen molar-refractivity contribution in [1.82, 2.24) is 5.43 Å². The standard InChI is InChI=1S/C27H30BrN3O5S/c1-4-5-16-36-23-12-8-21(9-13-23)18-29-30-27(32)19-31(22-10-6-20(2)7-11-22)37(33,34)24-14-15-26(35-3)25(28)17-24/h6-15,17-18H,4-5,16,19H2,1-3H3,(H,30,32)/b29-18-. The average molecular weight is 589 g/mol. The molecule has 1 amide bonds. The molecule has 0 aromatic heterocycles. The monoisotopic (exact) mass is 587 g/mol. The van der Waals surface area contributed by atoms with Crippen LogP contribution in [0.15, 0.2) is 81.2 Å². The highest BCUT2D eigenvalue weighted by Gasteiger charge is 2.28. The fraction of sp³-hybridized carbons (Fsp3) is 0.259. The van der Waals surface area contributed by atoms with E-state index in [4.69, 9.17) is 9.47 Å². The lowest BCUT2D eigenvalue weighted by molar-refractivity contribution is -0.119. The van der Waals surface area contributed by atoms with Crippen LogP contribution in [0.2, 0.25) is 0 Å². The molecule has 0 aliphatic rings. The van der Waals surface area contributed by atoms with Crippen LogP contribution in [-0.2, 0) is 14.8 Å². The van der Waals surface area contributed by atoms with Crippen molar-refractivity contribution in [2.45, 2.75) is 31.6 Å². The normalized spacial score (nSPS) is 11.4. The molecule has 0 spiro atoms. The smallest absolute Gasteiger partial charge is 0.264 e. The second kappa shape index (κ2) is 13.3. The largest absolute Gasteiger partial charge is 0.496 e. The van der Waals surface area contributed by atoms with Crippen LogP contribution in [-0.4, -0.2) is 40.8 Å². The van der Waals surface area contributed by atoms with Crippen LogP contribution < -0.4 is 19.2 Å². The number of methoxy groups -OCH3 is 1. The van der Waals surface area contributed by atoms with E-state index >= 15 is 0 Å². The first-order chi connectivity index (χ1) is 17.7. The Morgan fingerprint density at radius 1 is 1.08 bits per heavy atom. The first-order valence-electron chi connectivity index (χ1n) is 11.7. The fourth-order valence-electron chi connectivity index (χ4n) is 3.29. The Hall–Kier alpha value is -3.37. The van der Waals surface area contributed by atoms with Gasteiger partial charge in [0.25, 0.3) is 15.9 Å². The molecule has 0 atom stereocenters. The van der Waals surface area contributed by atoms with Gasteiger partial charge in [-0.25, -0.2) is 13.8 Å². The number of nitrogens with zero attached hydrogens (tertiary/aromatic N) is 2. The van der Waals surface area contributed by atoms with Gasteiger partial charge in [0.1, 0.15) is 18.0 Å². The number of sulfonamides is 1. The molecule has 37 heavy (non-hydrogen) atoms. The highest BCUT2D eigenvalue weighted by molar-refractivity contribution is 9.10. The van der Waals surface area contributed by atoms with Crippen molar-refractivity contribution in [3.63, 3.8) is 0 Å². The van der Waals surface area contributed by atoms with Crippen molar-refractivity contribution in [2.24, 2.45) is 5.10 Å². The molecule has 196 valence electrons. The van der Waals surface area contributed by atoms with E-state index in [0.29, 0.717) is 22.5 Å². The van der Waals surface area contributed by atoms with Crippen molar-refractivity contribution in [3.05, 3.63) is 82.3 Å². The van der Waals surface area contributed by atoms with E-state index in [0.717, 1.165) is 34.0 Å². The molecular formula is C27H30BrN3O5S. The summed E-state index contributed by atoms with van der Waals surface area (Å²) in [6.07, 6.45) is 3.53. The van der Waals surface area contributed by atoms with Crippen LogP contribution in [0.1, 0.15) is 30.9 Å². The Kier molecular flexibility index (Phi) is 10.1. The summed E-state index contributed by atoms with van der Waals surface area (Å²) >= 11 is 3.33. The maximum atomic E-state index is 13.6. The second-order valence-electron chi connectivity index (χ2n) is 8.21. The Labute approximate surface area is 226 Å². The first-order valence-corrected chi connectivity index (χ1v) is 14.0. The summed E-state index contributed by atoms with van der Waals surface area (Å²) < 4.78 is 39.5. The van der Waals surface area contributed by atoms with Gasteiger partial charge in [-0.3, -0.25) is 9.10 Å². The molecular weight excluding hydrogens is 558 g/mol. The molecule has 0 unspecified atom stereocenters. The number of carbonyl (C=O) groups is 1. The molecule has 3 aromatic rings. The van der Waals surface area contributed by atoms with Gasteiger partial charge in [0.2, 0.25) is 0 Å². The minimum atomic E-state index is -4.08. The van der Waals surface area contributed by atoms with Crippen molar-refractivity contribution >= 4 is 43.8 Å². The number of ether oxygens (including phenoxy) is 2. The number of unbranched alkanes of at least 4 members (excludes halogenated alkanes) is 1. The zero-order valence-corrected chi connectivity index (χ0v) is 23.4. The summed E-state index contributed by atoms with van der Waals surface area (Å²) in [4.78, 5) is 12.8. The number of rotatable bonds is 12. The molecule has 0 bridgehead atoms. The average Bonchev–Trinajstić information content (AvgIpc) is 2.89. The van der Waals surface area contributed by atoms with E-state index in [1.165, 1.54) is 25.5 Å². The van der Waals surface area contributed by atoms with E-state index < -0.39 is 22.5 Å². The number of anilines is 1. The Balaban J connectivity index is 1.75. The van der Waals surface area contributed by atoms with Gasteiger partial charge in [-0.05, 0) is 89.4 Å². The highest BCUT2D eigenvalue weighted by Crippen LogP contribution is 2.30. The van der Waals surface area contributed by atoms with E-state index in [9.17, 15) is 13.2 Å². The van der Waals surface area contributed by atoms with Crippen molar-refractivity contribution in [1.29, 1.82) is 0 Å². The first kappa shape index (κ1) is 28.2. The molecule has 0 aliphatic carbocycles. The van der Waals surface area contributed by atoms with Gasteiger partial charge < -0.3 is 9.47 Å². The molecule has 3 aromatic carbocycles. The summed E-state index contributed by atoms with van der Waals surface area (Å²) in [6, 6.07) is 18.6. The summed E-state index contributed by atoms with van der Waals surface area (Å²) in [5.41, 5.74) is 4.49. The molecule has 0 aliphatic heterocycles. The topological polar surface area (TPSA) is 97.3 Å². The summed E-state index contributed by atoms with van der Waals surface area (Å²) in [5.74, 6) is 0.666. The lowest BCUT2D eigenvalue weighted by Crippen LogP contribution is -2.39. The number of hydrazone groups is 1. The fourth-order valence-corrected chi connectivity index (χ4v) is 5.43. The minimum Gasteiger partial charge on any atom is -0.496 e. The quantitative estimate of drug-likeness (QED) is 0.176. The molecule has 0 fully saturated rings. The van der Waals surface area contributed by atoms with Crippen LogP contribution in [0.5, 0.6) is 11.5 Å². The Bertz CT molecular complexity index is 1330. The van der Waals surface area contributed by atoms with Crippen LogP contribution in [0.25, 0.3) is 0 Å². The second-order valence-corrected chi connectivity index (χ2v) is 10.9. The van der Waals surface area contributed by atoms with Crippen LogP contribution in [0, 0.1) is 6.92 Å². The molecule has 0 saturated carbocycles. The number of halogens is 1. The molecule has 3 rings (SSSR count). The SMILES string of the molecule is CCCCOc1ccc(/C=N\NC(=O)CN(c2ccc(C)cc2)S(=O)(=O)c2ccc(OC)c(Br)c2)cc1. The van der Waals surface area contributed by atoms with E-state index in [2.05, 4.69) is 33.4 Å². The van der Waals surface area contributed by atoms with Gasteiger partial charge in [0.15, 0.2) is 0 Å². The van der Waals surface area contributed by atoms with E-state index in [1.807, 2.05) is 31.2 Å². The van der Waals surface area contributed by atoms with Crippen molar-refractivity contribution in [2.75, 3.05) is 24.6 Å². The zero-order valence-electron chi connectivity index (χ0n) is 21.0. The third kappa shape index (κ3) is 7.80. The predicted molar refractivity (Wildman–Crippen MR) is 149 cm³/mol. The number of carbonyl (C=O) groups excluding carboxylic acids is 1. The van der Waals surface area contributed by atoms with Crippen molar-refractivity contribution < 1.29 is 22.7 Å². The molecule has 10 heteroatoms. The summed E-state index contributed by atoms with van der Waals surface area (Å²) in [6.45, 7) is 4.20. The molecule has 0 saturated heterocycles. The third-order valence-corrected chi connectivity index (χ3v) is 7.76. The van der Waals surface area contributed by atoms with E-state index in [1.54, 1.807) is 30.3 Å². The molecule has 8 nitrogen and oxygen atoms in total. The lowest BCUT2D eigenvalue weighted by Gasteiger charge is -2.24. The molecule has 0 heterocycles.